The SMILES string of the molecule is C#CCOC(=O)CP1(=O)CCCCC1. The van der Waals surface area contributed by atoms with Crippen molar-refractivity contribution in [2.45, 2.75) is 19.3 Å². The van der Waals surface area contributed by atoms with Gasteiger partial charge < -0.3 is 9.30 Å². The smallest absolute Gasteiger partial charge is 0.314 e. The summed E-state index contributed by atoms with van der Waals surface area (Å²) >= 11 is 0. The maximum Gasteiger partial charge on any atom is 0.314 e. The lowest BCUT2D eigenvalue weighted by Crippen LogP contribution is -2.15. The number of hydrogen-bond acceptors (Lipinski definition) is 3. The van der Waals surface area contributed by atoms with E-state index in [0.717, 1.165) is 19.3 Å². The van der Waals surface area contributed by atoms with E-state index >= 15 is 0 Å². The van der Waals surface area contributed by atoms with Gasteiger partial charge in [0.05, 0.1) is 13.3 Å². The monoisotopic (exact) mass is 214 g/mol. The molecule has 1 saturated heterocycles. The van der Waals surface area contributed by atoms with Crippen molar-refractivity contribution in [3.8, 4) is 12.3 Å². The molecule has 4 heteroatoms. The van der Waals surface area contributed by atoms with E-state index in [9.17, 15) is 9.36 Å². The predicted molar refractivity (Wildman–Crippen MR) is 55.9 cm³/mol. The minimum atomic E-state index is -2.25. The van der Waals surface area contributed by atoms with E-state index in [4.69, 9.17) is 11.2 Å². The van der Waals surface area contributed by atoms with E-state index in [1.165, 1.54) is 0 Å². The summed E-state index contributed by atoms with van der Waals surface area (Å²) in [7, 11) is -2.25. The van der Waals surface area contributed by atoms with Gasteiger partial charge >= 0.3 is 5.97 Å². The van der Waals surface area contributed by atoms with Crippen molar-refractivity contribution in [1.82, 2.24) is 0 Å². The molecule has 0 radical (unpaired) electrons. The number of ether oxygens (including phenoxy) is 1. The van der Waals surface area contributed by atoms with Gasteiger partial charge in [-0.05, 0) is 12.8 Å². The molecule has 1 aliphatic heterocycles. The van der Waals surface area contributed by atoms with Crippen molar-refractivity contribution in [3.05, 3.63) is 0 Å². The highest BCUT2D eigenvalue weighted by atomic mass is 31.2. The first-order chi connectivity index (χ1) is 6.66. The first kappa shape index (κ1) is 11.3. The lowest BCUT2D eigenvalue weighted by Gasteiger charge is -2.21. The van der Waals surface area contributed by atoms with Crippen molar-refractivity contribution >= 4 is 13.1 Å². The molecule has 0 amide bonds. The molecule has 78 valence electrons. The number of rotatable bonds is 3. The summed E-state index contributed by atoms with van der Waals surface area (Å²) in [6.07, 6.45) is 9.48. The Bertz CT molecular complexity index is 280. The molecular weight excluding hydrogens is 199 g/mol. The van der Waals surface area contributed by atoms with Gasteiger partial charge in [-0.2, -0.15) is 0 Å². The molecule has 0 aliphatic carbocycles. The average Bonchev–Trinajstić information content (AvgIpc) is 2.15. The molecule has 3 nitrogen and oxygen atoms in total. The van der Waals surface area contributed by atoms with Crippen LogP contribution in [-0.2, 0) is 14.1 Å². The highest BCUT2D eigenvalue weighted by Crippen LogP contribution is 2.50. The van der Waals surface area contributed by atoms with Crippen LogP contribution in [0.15, 0.2) is 0 Å². The second kappa shape index (κ2) is 5.22. The van der Waals surface area contributed by atoms with Crippen molar-refractivity contribution in [2.24, 2.45) is 0 Å². The third kappa shape index (κ3) is 3.55. The van der Waals surface area contributed by atoms with E-state index in [2.05, 4.69) is 5.92 Å². The molecule has 0 bridgehead atoms. The lowest BCUT2D eigenvalue weighted by molar-refractivity contribution is -0.139. The summed E-state index contributed by atoms with van der Waals surface area (Å²) in [6.45, 7) is -0.0150. The number of carbonyl (C=O) groups excluding carboxylic acids is 1. The molecule has 0 aromatic rings. The van der Waals surface area contributed by atoms with Crippen LogP contribution in [0, 0.1) is 12.3 Å². The first-order valence-corrected chi connectivity index (χ1v) is 7.09. The Kier molecular flexibility index (Phi) is 4.22. The normalized spacial score (nSPS) is 19.6. The van der Waals surface area contributed by atoms with Crippen molar-refractivity contribution < 1.29 is 14.1 Å². The van der Waals surface area contributed by atoms with Crippen LogP contribution >= 0.6 is 7.14 Å². The van der Waals surface area contributed by atoms with Crippen LogP contribution in [0.3, 0.4) is 0 Å². The average molecular weight is 214 g/mol. The van der Waals surface area contributed by atoms with Crippen LogP contribution in [0.1, 0.15) is 19.3 Å². The van der Waals surface area contributed by atoms with Crippen LogP contribution in [-0.4, -0.2) is 31.1 Å². The maximum absolute atomic E-state index is 12.1. The molecular formula is C10H15O3P. The summed E-state index contributed by atoms with van der Waals surface area (Å²) in [5.41, 5.74) is 0. The molecule has 0 saturated carbocycles. The van der Waals surface area contributed by atoms with Crippen molar-refractivity contribution in [1.29, 1.82) is 0 Å². The predicted octanol–water partition coefficient (Wildman–Crippen LogP) is 1.71. The number of hydrogen-bond donors (Lipinski definition) is 0. The van der Waals surface area contributed by atoms with Gasteiger partial charge in [0.2, 0.25) is 0 Å². The number of terminal acetylenes is 1. The summed E-state index contributed by atoms with van der Waals surface area (Å²) in [5, 5.41) is 0. The van der Waals surface area contributed by atoms with E-state index < -0.39 is 13.1 Å². The minimum Gasteiger partial charge on any atom is -0.452 e. The van der Waals surface area contributed by atoms with E-state index in [-0.39, 0.29) is 12.8 Å². The summed E-state index contributed by atoms with van der Waals surface area (Å²) in [5.74, 6) is 1.81. The lowest BCUT2D eigenvalue weighted by atomic mass is 10.3. The van der Waals surface area contributed by atoms with E-state index in [0.29, 0.717) is 12.3 Å². The van der Waals surface area contributed by atoms with Crippen molar-refractivity contribution in [3.63, 3.8) is 0 Å². The molecule has 1 rings (SSSR count). The highest BCUT2D eigenvalue weighted by molar-refractivity contribution is 7.64. The Morgan fingerprint density at radius 1 is 1.36 bits per heavy atom. The number of esters is 1. The molecule has 0 spiro atoms. The Hall–Kier alpha value is -0.740. The molecule has 1 aliphatic rings. The topological polar surface area (TPSA) is 43.4 Å². The molecule has 0 aromatic carbocycles. The molecule has 0 aromatic heterocycles. The molecule has 1 heterocycles. The fourth-order valence-corrected chi connectivity index (χ4v) is 4.35. The van der Waals surface area contributed by atoms with Crippen LogP contribution in [0.5, 0.6) is 0 Å². The fraction of sp³-hybridized carbons (Fsp3) is 0.700. The second-order valence-electron chi connectivity index (χ2n) is 3.59. The van der Waals surface area contributed by atoms with Gasteiger partial charge in [-0.15, -0.1) is 6.42 Å². The standard InChI is InChI=1S/C10H15O3P/c1-2-6-13-10(11)9-14(12)7-4-3-5-8-14/h1H,3-9H2. The molecule has 0 atom stereocenters. The zero-order valence-corrected chi connectivity index (χ0v) is 9.09. The zero-order chi connectivity index (χ0) is 10.4. The molecule has 0 unspecified atom stereocenters. The third-order valence-corrected chi connectivity index (χ3v) is 5.46. The van der Waals surface area contributed by atoms with Crippen LogP contribution < -0.4 is 0 Å². The van der Waals surface area contributed by atoms with Gasteiger partial charge in [-0.25, -0.2) is 0 Å². The van der Waals surface area contributed by atoms with Gasteiger partial charge in [0.25, 0.3) is 0 Å². The van der Waals surface area contributed by atoms with Gasteiger partial charge in [-0.3, -0.25) is 4.79 Å². The quantitative estimate of drug-likeness (QED) is 0.408. The summed E-state index contributed by atoms with van der Waals surface area (Å²) < 4.78 is 16.8. The molecule has 0 N–H and O–H groups in total. The van der Waals surface area contributed by atoms with Gasteiger partial charge in [-0.1, -0.05) is 12.3 Å². The first-order valence-electron chi connectivity index (χ1n) is 4.82. The molecule has 14 heavy (non-hydrogen) atoms. The van der Waals surface area contributed by atoms with Gasteiger partial charge in [0.15, 0.2) is 6.61 Å². The number of carbonyl (C=O) groups is 1. The van der Waals surface area contributed by atoms with Crippen molar-refractivity contribution in [2.75, 3.05) is 25.1 Å². The summed E-state index contributed by atoms with van der Waals surface area (Å²) in [6, 6.07) is 0. The van der Waals surface area contributed by atoms with E-state index in [1.807, 2.05) is 0 Å². The minimum absolute atomic E-state index is 0.0150. The fourth-order valence-electron chi connectivity index (χ4n) is 1.65. The zero-order valence-electron chi connectivity index (χ0n) is 8.20. The van der Waals surface area contributed by atoms with Crippen LogP contribution in [0.4, 0.5) is 0 Å². The molecule has 1 fully saturated rings. The van der Waals surface area contributed by atoms with Crippen LogP contribution in [0.2, 0.25) is 0 Å². The highest BCUT2D eigenvalue weighted by Gasteiger charge is 2.28. The van der Waals surface area contributed by atoms with Crippen LogP contribution in [0.25, 0.3) is 0 Å². The Morgan fingerprint density at radius 2 is 2.00 bits per heavy atom. The Balaban J connectivity index is 2.38. The second-order valence-corrected chi connectivity index (χ2v) is 6.92. The largest absolute Gasteiger partial charge is 0.452 e. The Morgan fingerprint density at radius 3 is 2.57 bits per heavy atom. The van der Waals surface area contributed by atoms with E-state index in [1.54, 1.807) is 0 Å². The van der Waals surface area contributed by atoms with Gasteiger partial charge in [0, 0.05) is 12.3 Å². The van der Waals surface area contributed by atoms with Gasteiger partial charge in [0.1, 0.15) is 0 Å². The Labute approximate surface area is 84.6 Å². The third-order valence-electron chi connectivity index (χ3n) is 2.37. The summed E-state index contributed by atoms with van der Waals surface area (Å²) in [4.78, 5) is 11.2. The maximum atomic E-state index is 12.1.